The number of fused-ring (bicyclic) bond motifs is 9. The molecule has 12 rings (SSSR count). The van der Waals surface area contributed by atoms with Crippen LogP contribution in [0.5, 0.6) is 0 Å². The van der Waals surface area contributed by atoms with Gasteiger partial charge in [0.1, 0.15) is 5.58 Å². The summed E-state index contributed by atoms with van der Waals surface area (Å²) in [4.78, 5) is 2.35. The number of anilines is 3. The van der Waals surface area contributed by atoms with E-state index < -0.39 is 5.41 Å². The summed E-state index contributed by atoms with van der Waals surface area (Å²) in [5, 5.41) is 4.62. The van der Waals surface area contributed by atoms with Crippen LogP contribution < -0.4 is 4.90 Å². The van der Waals surface area contributed by atoms with Gasteiger partial charge in [-0.2, -0.15) is 0 Å². The van der Waals surface area contributed by atoms with Crippen molar-refractivity contribution in [3.63, 3.8) is 0 Å². The van der Waals surface area contributed by atoms with Gasteiger partial charge in [-0.05, 0) is 94.0 Å². The molecule has 0 N–H and O–H groups in total. The van der Waals surface area contributed by atoms with Crippen molar-refractivity contribution in [2.75, 3.05) is 4.90 Å². The topological polar surface area (TPSA) is 21.3 Å². The number of hydrogen-bond donors (Lipinski definition) is 0. The second kappa shape index (κ2) is 12.7. The van der Waals surface area contributed by atoms with Crippen molar-refractivity contribution in [3.8, 4) is 16.8 Å². The van der Waals surface area contributed by atoms with Crippen LogP contribution >= 0.6 is 0 Å². The molecule has 0 fully saturated rings. The van der Waals surface area contributed by atoms with Crippen molar-refractivity contribution >= 4 is 60.8 Å². The quantitative estimate of drug-likeness (QED) is 0.169. The molecule has 1 aliphatic rings. The highest BCUT2D eigenvalue weighted by Crippen LogP contribution is 2.58. The first kappa shape index (κ1) is 32.6. The molecule has 0 spiro atoms. The van der Waals surface area contributed by atoms with E-state index in [2.05, 4.69) is 228 Å². The molecule has 0 unspecified atom stereocenters. The normalized spacial score (nSPS) is 13.0. The van der Waals surface area contributed by atoms with Crippen LogP contribution in [0.25, 0.3) is 60.6 Å². The molecule has 58 heavy (non-hydrogen) atoms. The number of hydrogen-bond acceptors (Lipinski definition) is 2. The first-order valence-electron chi connectivity index (χ1n) is 19.9. The highest BCUT2D eigenvalue weighted by atomic mass is 16.3. The zero-order valence-corrected chi connectivity index (χ0v) is 31.6. The Morgan fingerprint density at radius 1 is 0.414 bits per heavy atom. The zero-order chi connectivity index (χ0) is 38.2. The minimum atomic E-state index is -0.558. The van der Waals surface area contributed by atoms with Crippen LogP contribution in [0.2, 0.25) is 0 Å². The summed E-state index contributed by atoms with van der Waals surface area (Å²) < 4.78 is 9.50. The summed E-state index contributed by atoms with van der Waals surface area (Å²) >= 11 is 0. The second-order valence-electron chi connectivity index (χ2n) is 15.2. The fourth-order valence-electron chi connectivity index (χ4n) is 9.96. The van der Waals surface area contributed by atoms with Gasteiger partial charge in [-0.25, -0.2) is 0 Å². The van der Waals surface area contributed by atoms with Gasteiger partial charge in [0.25, 0.3) is 0 Å². The Morgan fingerprint density at radius 2 is 1.00 bits per heavy atom. The van der Waals surface area contributed by atoms with Crippen molar-refractivity contribution in [1.82, 2.24) is 4.57 Å². The third-order valence-corrected chi connectivity index (χ3v) is 12.2. The monoisotopic (exact) mass is 740 g/mol. The molecule has 0 aliphatic heterocycles. The van der Waals surface area contributed by atoms with Crippen molar-refractivity contribution in [3.05, 3.63) is 241 Å². The van der Waals surface area contributed by atoms with Crippen LogP contribution in [-0.4, -0.2) is 4.57 Å². The lowest BCUT2D eigenvalue weighted by molar-refractivity contribution is 0.668. The molecule has 272 valence electrons. The summed E-state index contributed by atoms with van der Waals surface area (Å²) in [7, 11) is 0. The number of benzene rings is 9. The Hall–Kier alpha value is -7.62. The molecule has 2 heterocycles. The van der Waals surface area contributed by atoms with E-state index in [1.54, 1.807) is 0 Å². The third-order valence-electron chi connectivity index (χ3n) is 12.2. The van der Waals surface area contributed by atoms with Gasteiger partial charge in [0, 0.05) is 38.6 Å². The third kappa shape index (κ3) is 4.56. The van der Waals surface area contributed by atoms with Crippen molar-refractivity contribution < 1.29 is 4.42 Å². The number of aromatic nitrogens is 1. The lowest BCUT2D eigenvalue weighted by Gasteiger charge is -2.34. The molecule has 0 saturated carbocycles. The molecule has 0 atom stereocenters. The summed E-state index contributed by atoms with van der Waals surface area (Å²) in [6.07, 6.45) is 0. The van der Waals surface area contributed by atoms with Gasteiger partial charge in [-0.1, -0.05) is 158 Å². The number of nitrogens with zero attached hydrogens (tertiary/aromatic N) is 2. The Kier molecular flexibility index (Phi) is 7.14. The van der Waals surface area contributed by atoms with Gasteiger partial charge >= 0.3 is 0 Å². The average Bonchev–Trinajstić information content (AvgIpc) is 3.95. The lowest BCUT2D eigenvalue weighted by Crippen LogP contribution is -2.28. The smallest absolute Gasteiger partial charge is 0.159 e. The van der Waals surface area contributed by atoms with Gasteiger partial charge in [-0.15, -0.1) is 0 Å². The maximum absolute atomic E-state index is 7.14. The molecule has 3 nitrogen and oxygen atoms in total. The van der Waals surface area contributed by atoms with Crippen molar-refractivity contribution in [1.29, 1.82) is 0 Å². The molecule has 3 heteroatoms. The maximum atomic E-state index is 7.14. The Balaban J connectivity index is 1.13. The summed E-state index contributed by atoms with van der Waals surface area (Å²) in [5.41, 5.74) is 15.3. The predicted molar refractivity (Wildman–Crippen MR) is 240 cm³/mol. The van der Waals surface area contributed by atoms with Gasteiger partial charge in [0.15, 0.2) is 5.58 Å². The van der Waals surface area contributed by atoms with E-state index in [1.807, 2.05) is 0 Å². The number of rotatable bonds is 6. The lowest BCUT2D eigenvalue weighted by atomic mass is 9.66. The van der Waals surface area contributed by atoms with E-state index in [-0.39, 0.29) is 0 Å². The average molecular weight is 741 g/mol. The van der Waals surface area contributed by atoms with E-state index in [0.717, 1.165) is 44.7 Å². The largest absolute Gasteiger partial charge is 0.454 e. The highest BCUT2D eigenvalue weighted by Gasteiger charge is 2.47. The first-order valence-corrected chi connectivity index (χ1v) is 19.9. The van der Waals surface area contributed by atoms with Gasteiger partial charge in [-0.3, -0.25) is 0 Å². The second-order valence-corrected chi connectivity index (χ2v) is 15.2. The Morgan fingerprint density at radius 3 is 1.76 bits per heavy atom. The molecule has 1 aliphatic carbocycles. The molecular weight excluding hydrogens is 705 g/mol. The van der Waals surface area contributed by atoms with Crippen LogP contribution in [0.1, 0.15) is 22.3 Å². The number of para-hydroxylation sites is 4. The van der Waals surface area contributed by atoms with Crippen LogP contribution in [0.4, 0.5) is 17.1 Å². The molecule has 2 aromatic heterocycles. The van der Waals surface area contributed by atoms with E-state index in [1.165, 1.54) is 55.2 Å². The fourth-order valence-corrected chi connectivity index (χ4v) is 9.96. The molecule has 0 bridgehead atoms. The molecule has 0 saturated heterocycles. The van der Waals surface area contributed by atoms with Crippen molar-refractivity contribution in [2.45, 2.75) is 5.41 Å². The minimum absolute atomic E-state index is 0.558. The zero-order valence-electron chi connectivity index (χ0n) is 31.6. The molecule has 0 amide bonds. The Bertz CT molecular complexity index is 3300. The van der Waals surface area contributed by atoms with Crippen LogP contribution in [-0.2, 0) is 5.41 Å². The SMILES string of the molecule is c1ccc(N(c2ccc3c(c2)c2ccccc2n3-c2ccccc2)c2cccc3c2oc2cccc(C4(c5ccccc5)c5ccccc5-c5ccccc54)c23)cc1. The van der Waals surface area contributed by atoms with E-state index >= 15 is 0 Å². The van der Waals surface area contributed by atoms with Crippen LogP contribution in [0, 0.1) is 0 Å². The molecule has 11 aromatic rings. The van der Waals surface area contributed by atoms with E-state index in [0.29, 0.717) is 0 Å². The van der Waals surface area contributed by atoms with Crippen LogP contribution in [0.15, 0.2) is 223 Å². The predicted octanol–water partition coefficient (Wildman–Crippen LogP) is 14.5. The standard InChI is InChI=1S/C55H36N2O/c1-4-18-37(19-5-1)55(46-28-13-10-24-41(46)42-25-11-14-29-47(42)55)48-30-17-33-52-53(48)44-27-16-32-51(54(44)58-52)56(38-20-6-2-7-21-38)40-34-35-50-45(36-40)43-26-12-15-31-49(43)57(50)39-22-8-3-9-23-39/h1-36H. The maximum Gasteiger partial charge on any atom is 0.159 e. The molecule has 9 aromatic carbocycles. The summed E-state index contributed by atoms with van der Waals surface area (Å²) in [6.45, 7) is 0. The highest BCUT2D eigenvalue weighted by molar-refractivity contribution is 6.14. The number of furan rings is 1. The van der Waals surface area contributed by atoms with Gasteiger partial charge < -0.3 is 13.9 Å². The molecular formula is C55H36N2O. The van der Waals surface area contributed by atoms with E-state index in [9.17, 15) is 0 Å². The fraction of sp³-hybridized carbons (Fsp3) is 0.0182. The van der Waals surface area contributed by atoms with Gasteiger partial charge in [0.2, 0.25) is 0 Å². The van der Waals surface area contributed by atoms with Gasteiger partial charge in [0.05, 0.1) is 22.1 Å². The minimum Gasteiger partial charge on any atom is -0.454 e. The van der Waals surface area contributed by atoms with Crippen molar-refractivity contribution in [2.24, 2.45) is 0 Å². The Labute approximate surface area is 336 Å². The van der Waals surface area contributed by atoms with Crippen LogP contribution in [0.3, 0.4) is 0 Å². The first-order chi connectivity index (χ1) is 28.8. The summed E-state index contributed by atoms with van der Waals surface area (Å²) in [6, 6.07) is 79.0. The van der Waals surface area contributed by atoms with E-state index in [4.69, 9.17) is 4.42 Å². The summed E-state index contributed by atoms with van der Waals surface area (Å²) in [5.74, 6) is 0. The molecule has 0 radical (unpaired) electrons.